The molecule has 9 rings (SSSR count). The van der Waals surface area contributed by atoms with Crippen LogP contribution in [0.5, 0.6) is 0 Å². The lowest BCUT2D eigenvalue weighted by atomic mass is 9.99. The van der Waals surface area contributed by atoms with Gasteiger partial charge >= 0.3 is 0 Å². The number of rotatable bonds is 4. The molecule has 0 saturated heterocycles. The van der Waals surface area contributed by atoms with Crippen LogP contribution in [0.2, 0.25) is 0 Å². The third-order valence-corrected chi connectivity index (χ3v) is 8.43. The van der Waals surface area contributed by atoms with Gasteiger partial charge in [0, 0.05) is 44.7 Å². The molecule has 3 heteroatoms. The molecule has 2 heterocycles. The summed E-state index contributed by atoms with van der Waals surface area (Å²) in [5, 5.41) is 6.94. The van der Waals surface area contributed by atoms with Crippen molar-refractivity contribution >= 4 is 71.7 Å². The van der Waals surface area contributed by atoms with Gasteiger partial charge in [0.1, 0.15) is 22.3 Å². The van der Waals surface area contributed by atoms with Crippen LogP contribution in [-0.4, -0.2) is 0 Å². The zero-order valence-corrected chi connectivity index (χ0v) is 23.2. The van der Waals surface area contributed by atoms with Crippen LogP contribution >= 0.6 is 0 Å². The second-order valence-electron chi connectivity index (χ2n) is 11.0. The Kier molecular flexibility index (Phi) is 5.20. The van der Waals surface area contributed by atoms with Gasteiger partial charge in [-0.3, -0.25) is 0 Å². The van der Waals surface area contributed by atoms with Crippen LogP contribution in [0.3, 0.4) is 0 Å². The maximum atomic E-state index is 6.24. The maximum Gasteiger partial charge on any atom is 0.137 e. The molecule has 2 aromatic heterocycles. The smallest absolute Gasteiger partial charge is 0.137 e. The number of benzene rings is 7. The zero-order valence-electron chi connectivity index (χ0n) is 23.2. The highest BCUT2D eigenvalue weighted by Gasteiger charge is 2.16. The highest BCUT2D eigenvalue weighted by atomic mass is 16.3. The fourth-order valence-corrected chi connectivity index (χ4v) is 6.33. The molecule has 0 saturated carbocycles. The van der Waals surface area contributed by atoms with Crippen LogP contribution < -0.4 is 4.90 Å². The van der Waals surface area contributed by atoms with Crippen molar-refractivity contribution in [1.29, 1.82) is 0 Å². The molecular weight excluding hydrogens is 526 g/mol. The van der Waals surface area contributed by atoms with Crippen LogP contribution in [0, 0.1) is 0 Å². The van der Waals surface area contributed by atoms with E-state index in [0.717, 1.165) is 71.9 Å². The molecule has 9 aromatic rings. The molecule has 0 fully saturated rings. The number of nitrogens with zero attached hydrogens (tertiary/aromatic N) is 1. The van der Waals surface area contributed by atoms with E-state index in [-0.39, 0.29) is 0 Å². The minimum atomic E-state index is 0.881. The van der Waals surface area contributed by atoms with Crippen molar-refractivity contribution < 1.29 is 8.83 Å². The first kappa shape index (κ1) is 23.9. The Labute approximate surface area is 247 Å². The fraction of sp³-hybridized carbons (Fsp3) is 0. The van der Waals surface area contributed by atoms with Crippen molar-refractivity contribution in [1.82, 2.24) is 0 Å². The van der Waals surface area contributed by atoms with Crippen LogP contribution in [0.4, 0.5) is 17.1 Å². The maximum absolute atomic E-state index is 6.24. The predicted molar refractivity (Wildman–Crippen MR) is 179 cm³/mol. The SMILES string of the molecule is c1ccc(N(c2ccc(-c3ccc4cc5c(cc4c3)oc3ccccc35)cc2)c2ccc3c(c2)oc2ccccc23)cc1. The highest BCUT2D eigenvalue weighted by molar-refractivity contribution is 6.10. The second kappa shape index (κ2) is 9.37. The summed E-state index contributed by atoms with van der Waals surface area (Å²) in [6, 6.07) is 53.2. The van der Waals surface area contributed by atoms with Crippen molar-refractivity contribution in [3.8, 4) is 11.1 Å². The van der Waals surface area contributed by atoms with E-state index in [1.54, 1.807) is 0 Å². The van der Waals surface area contributed by atoms with Crippen LogP contribution in [0.25, 0.3) is 65.8 Å². The molecule has 3 nitrogen and oxygen atoms in total. The second-order valence-corrected chi connectivity index (χ2v) is 11.0. The van der Waals surface area contributed by atoms with Crippen molar-refractivity contribution in [2.24, 2.45) is 0 Å². The third kappa shape index (κ3) is 3.90. The average molecular weight is 552 g/mol. The summed E-state index contributed by atoms with van der Waals surface area (Å²) >= 11 is 0. The van der Waals surface area contributed by atoms with Gasteiger partial charge in [-0.2, -0.15) is 0 Å². The summed E-state index contributed by atoms with van der Waals surface area (Å²) < 4.78 is 12.4. The molecule has 0 bridgehead atoms. The quantitative estimate of drug-likeness (QED) is 0.218. The summed E-state index contributed by atoms with van der Waals surface area (Å²) in [5.74, 6) is 0. The van der Waals surface area contributed by atoms with Gasteiger partial charge in [-0.25, -0.2) is 0 Å². The first-order valence-electron chi connectivity index (χ1n) is 14.5. The monoisotopic (exact) mass is 551 g/mol. The van der Waals surface area contributed by atoms with Gasteiger partial charge in [0.25, 0.3) is 0 Å². The minimum absolute atomic E-state index is 0.881. The Hall–Kier alpha value is -5.80. The Bertz CT molecular complexity index is 2450. The van der Waals surface area contributed by atoms with Crippen molar-refractivity contribution in [2.75, 3.05) is 4.90 Å². The van der Waals surface area contributed by atoms with E-state index >= 15 is 0 Å². The molecule has 202 valence electrons. The van der Waals surface area contributed by atoms with Crippen molar-refractivity contribution in [2.45, 2.75) is 0 Å². The van der Waals surface area contributed by atoms with E-state index in [1.165, 1.54) is 10.9 Å². The van der Waals surface area contributed by atoms with Gasteiger partial charge in [-0.15, -0.1) is 0 Å². The molecule has 0 radical (unpaired) electrons. The lowest BCUT2D eigenvalue weighted by Crippen LogP contribution is -2.09. The largest absolute Gasteiger partial charge is 0.456 e. The van der Waals surface area contributed by atoms with Gasteiger partial charge < -0.3 is 13.7 Å². The van der Waals surface area contributed by atoms with Gasteiger partial charge in [0.2, 0.25) is 0 Å². The summed E-state index contributed by atoms with van der Waals surface area (Å²) in [5.41, 5.74) is 9.17. The summed E-state index contributed by atoms with van der Waals surface area (Å²) in [6.45, 7) is 0. The highest BCUT2D eigenvalue weighted by Crippen LogP contribution is 2.39. The van der Waals surface area contributed by atoms with Crippen LogP contribution in [-0.2, 0) is 0 Å². The fourth-order valence-electron chi connectivity index (χ4n) is 6.33. The van der Waals surface area contributed by atoms with E-state index in [0.29, 0.717) is 0 Å². The topological polar surface area (TPSA) is 29.5 Å². The molecule has 0 amide bonds. The standard InChI is InChI=1S/C40H25NO2/c1-2-8-30(9-3-1)41(32-20-21-35-33-10-4-6-12-37(33)43-40(35)25-32)31-18-16-26(17-19-31)27-14-15-28-23-36-34-11-5-7-13-38(34)42-39(36)24-29(28)22-27/h1-25H. The van der Waals surface area contributed by atoms with Crippen molar-refractivity contribution in [3.63, 3.8) is 0 Å². The average Bonchev–Trinajstić information content (AvgIpc) is 3.62. The van der Waals surface area contributed by atoms with E-state index in [1.807, 2.05) is 30.3 Å². The molecule has 43 heavy (non-hydrogen) atoms. The molecule has 0 atom stereocenters. The Morgan fingerprint density at radius 2 is 0.907 bits per heavy atom. The lowest BCUT2D eigenvalue weighted by molar-refractivity contribution is 0.669. The summed E-state index contributed by atoms with van der Waals surface area (Å²) in [4.78, 5) is 2.27. The van der Waals surface area contributed by atoms with E-state index in [4.69, 9.17) is 8.83 Å². The number of anilines is 3. The number of furan rings is 2. The minimum Gasteiger partial charge on any atom is -0.456 e. The van der Waals surface area contributed by atoms with E-state index in [2.05, 4.69) is 126 Å². The summed E-state index contributed by atoms with van der Waals surface area (Å²) in [7, 11) is 0. The molecule has 0 aliphatic heterocycles. The number of hydrogen-bond donors (Lipinski definition) is 0. The number of para-hydroxylation sites is 3. The van der Waals surface area contributed by atoms with E-state index < -0.39 is 0 Å². The van der Waals surface area contributed by atoms with E-state index in [9.17, 15) is 0 Å². The van der Waals surface area contributed by atoms with Gasteiger partial charge in [0.15, 0.2) is 0 Å². The molecule has 0 N–H and O–H groups in total. The number of fused-ring (bicyclic) bond motifs is 7. The molecule has 7 aromatic carbocycles. The first-order valence-corrected chi connectivity index (χ1v) is 14.5. The normalized spacial score (nSPS) is 11.7. The third-order valence-electron chi connectivity index (χ3n) is 8.43. The van der Waals surface area contributed by atoms with Gasteiger partial charge in [-0.1, -0.05) is 78.9 Å². The lowest BCUT2D eigenvalue weighted by Gasteiger charge is -2.25. The molecule has 0 spiro atoms. The molecule has 0 aliphatic carbocycles. The Morgan fingerprint density at radius 1 is 0.326 bits per heavy atom. The predicted octanol–water partition coefficient (Wildman–Crippen LogP) is 11.8. The summed E-state index contributed by atoms with van der Waals surface area (Å²) in [6.07, 6.45) is 0. The van der Waals surface area contributed by atoms with Gasteiger partial charge in [0.05, 0.1) is 0 Å². The Balaban J connectivity index is 1.12. The number of hydrogen-bond acceptors (Lipinski definition) is 3. The van der Waals surface area contributed by atoms with Gasteiger partial charge in [-0.05, 0) is 88.6 Å². The molecule has 0 aliphatic rings. The van der Waals surface area contributed by atoms with Crippen molar-refractivity contribution in [3.05, 3.63) is 152 Å². The Morgan fingerprint density at radius 3 is 1.67 bits per heavy atom. The zero-order chi connectivity index (χ0) is 28.3. The molecule has 0 unspecified atom stereocenters. The van der Waals surface area contributed by atoms with Crippen LogP contribution in [0.15, 0.2) is 160 Å². The first-order chi connectivity index (χ1) is 21.3. The van der Waals surface area contributed by atoms with Crippen LogP contribution in [0.1, 0.15) is 0 Å². The molecular formula is C40H25NO2.